The fourth-order valence-corrected chi connectivity index (χ4v) is 1.66. The first kappa shape index (κ1) is 17.0. The normalized spacial score (nSPS) is 11.6. The maximum atomic E-state index is 11.4. The molecule has 1 amide bonds. The van der Waals surface area contributed by atoms with Crippen molar-refractivity contribution < 1.29 is 14.6 Å². The molecule has 5 nitrogen and oxygen atoms in total. The van der Waals surface area contributed by atoms with Gasteiger partial charge in [-0.05, 0) is 44.9 Å². The van der Waals surface area contributed by atoms with Crippen molar-refractivity contribution in [2.75, 3.05) is 12.3 Å². The Bertz CT molecular complexity index is 505. The average Bonchev–Trinajstić information content (AvgIpc) is 2.38. The van der Waals surface area contributed by atoms with Crippen molar-refractivity contribution in [3.8, 4) is 0 Å². The van der Waals surface area contributed by atoms with Crippen LogP contribution >= 0.6 is 0 Å². The van der Waals surface area contributed by atoms with Gasteiger partial charge in [-0.2, -0.15) is 0 Å². The third-order valence-corrected chi connectivity index (χ3v) is 2.63. The fourth-order valence-electron chi connectivity index (χ4n) is 1.66. The summed E-state index contributed by atoms with van der Waals surface area (Å²) in [5.74, 6) is 0. The summed E-state index contributed by atoms with van der Waals surface area (Å²) >= 11 is 0. The van der Waals surface area contributed by atoms with Crippen LogP contribution in [0.15, 0.2) is 24.3 Å². The molecule has 116 valence electrons. The van der Waals surface area contributed by atoms with Crippen LogP contribution in [0.25, 0.3) is 6.08 Å². The molecule has 0 aromatic heterocycles. The van der Waals surface area contributed by atoms with Crippen LogP contribution in [0.3, 0.4) is 0 Å². The SMILES string of the molecule is CC(C)(C)OC(=O)NCCC=Cc1ccc(N)c(CO)c1. The quantitative estimate of drug-likeness (QED) is 0.575. The number of carbonyl (C=O) groups excluding carboxylic acids is 1. The zero-order valence-corrected chi connectivity index (χ0v) is 12.8. The number of anilines is 1. The molecule has 0 saturated carbocycles. The number of benzene rings is 1. The van der Waals surface area contributed by atoms with Crippen molar-refractivity contribution in [1.82, 2.24) is 5.32 Å². The predicted octanol–water partition coefficient (Wildman–Crippen LogP) is 2.69. The van der Waals surface area contributed by atoms with Gasteiger partial charge in [-0.3, -0.25) is 0 Å². The summed E-state index contributed by atoms with van der Waals surface area (Å²) in [6.45, 7) is 5.91. The molecule has 0 spiro atoms. The fraction of sp³-hybridized carbons (Fsp3) is 0.438. The summed E-state index contributed by atoms with van der Waals surface area (Å²) in [6, 6.07) is 5.49. The molecule has 21 heavy (non-hydrogen) atoms. The average molecular weight is 292 g/mol. The largest absolute Gasteiger partial charge is 0.444 e. The summed E-state index contributed by atoms with van der Waals surface area (Å²) in [5.41, 5.74) is 7.49. The van der Waals surface area contributed by atoms with Crippen LogP contribution in [0, 0.1) is 0 Å². The second-order valence-corrected chi connectivity index (χ2v) is 5.74. The van der Waals surface area contributed by atoms with E-state index in [0.717, 1.165) is 5.56 Å². The first-order valence-electron chi connectivity index (χ1n) is 6.94. The molecule has 0 unspecified atom stereocenters. The predicted molar refractivity (Wildman–Crippen MR) is 84.7 cm³/mol. The number of hydrogen-bond donors (Lipinski definition) is 3. The molecule has 0 atom stereocenters. The van der Waals surface area contributed by atoms with Gasteiger partial charge in [-0.1, -0.05) is 18.2 Å². The Balaban J connectivity index is 2.37. The third-order valence-electron chi connectivity index (χ3n) is 2.63. The number of ether oxygens (including phenoxy) is 1. The standard InChI is InChI=1S/C16H24N2O3/c1-16(2,3)21-15(20)18-9-5-4-6-12-7-8-14(17)13(10-12)11-19/h4,6-8,10,19H,5,9,11,17H2,1-3H3,(H,18,20). The topological polar surface area (TPSA) is 84.6 Å². The van der Waals surface area contributed by atoms with Crippen LogP contribution in [0.4, 0.5) is 10.5 Å². The number of aliphatic hydroxyl groups excluding tert-OH is 1. The number of hydrogen-bond acceptors (Lipinski definition) is 4. The third kappa shape index (κ3) is 6.81. The molecule has 0 bridgehead atoms. The Morgan fingerprint density at radius 3 is 2.76 bits per heavy atom. The number of carbonyl (C=O) groups is 1. The van der Waals surface area contributed by atoms with Crippen LogP contribution < -0.4 is 11.1 Å². The molecular weight excluding hydrogens is 268 g/mol. The first-order chi connectivity index (χ1) is 9.81. The van der Waals surface area contributed by atoms with Gasteiger partial charge in [-0.15, -0.1) is 0 Å². The molecule has 0 aliphatic rings. The van der Waals surface area contributed by atoms with E-state index in [2.05, 4.69) is 5.32 Å². The van der Waals surface area contributed by atoms with Gasteiger partial charge in [0.1, 0.15) is 5.60 Å². The smallest absolute Gasteiger partial charge is 0.407 e. The van der Waals surface area contributed by atoms with Crippen molar-refractivity contribution in [3.63, 3.8) is 0 Å². The highest BCUT2D eigenvalue weighted by Crippen LogP contribution is 2.15. The highest BCUT2D eigenvalue weighted by atomic mass is 16.6. The zero-order chi connectivity index (χ0) is 15.9. The monoisotopic (exact) mass is 292 g/mol. The van der Waals surface area contributed by atoms with E-state index in [-0.39, 0.29) is 6.61 Å². The number of nitrogens with one attached hydrogen (secondary N) is 1. The second-order valence-electron chi connectivity index (χ2n) is 5.74. The van der Waals surface area contributed by atoms with E-state index >= 15 is 0 Å². The van der Waals surface area contributed by atoms with Gasteiger partial charge >= 0.3 is 6.09 Å². The molecular formula is C16H24N2O3. The van der Waals surface area contributed by atoms with Crippen molar-refractivity contribution in [3.05, 3.63) is 35.4 Å². The van der Waals surface area contributed by atoms with Crippen molar-refractivity contribution in [2.45, 2.75) is 39.4 Å². The number of aliphatic hydroxyl groups is 1. The number of nitrogens with two attached hydrogens (primary N) is 1. The van der Waals surface area contributed by atoms with Gasteiger partial charge < -0.3 is 20.9 Å². The van der Waals surface area contributed by atoms with Gasteiger partial charge in [0.25, 0.3) is 0 Å². The molecule has 0 aliphatic carbocycles. The molecule has 0 aliphatic heterocycles. The molecule has 1 aromatic rings. The molecule has 0 radical (unpaired) electrons. The summed E-state index contributed by atoms with van der Waals surface area (Å²) in [7, 11) is 0. The minimum Gasteiger partial charge on any atom is -0.444 e. The highest BCUT2D eigenvalue weighted by molar-refractivity contribution is 5.67. The molecule has 1 aromatic carbocycles. The van der Waals surface area contributed by atoms with E-state index < -0.39 is 11.7 Å². The lowest BCUT2D eigenvalue weighted by atomic mass is 10.1. The Morgan fingerprint density at radius 2 is 2.14 bits per heavy atom. The lowest BCUT2D eigenvalue weighted by molar-refractivity contribution is 0.0529. The molecule has 0 heterocycles. The van der Waals surface area contributed by atoms with Crippen LogP contribution in [0.2, 0.25) is 0 Å². The van der Waals surface area contributed by atoms with Crippen LogP contribution in [-0.4, -0.2) is 23.3 Å². The van der Waals surface area contributed by atoms with Gasteiger partial charge in [0.15, 0.2) is 0 Å². The van der Waals surface area contributed by atoms with Crippen molar-refractivity contribution in [2.24, 2.45) is 0 Å². The number of nitrogen functional groups attached to an aromatic ring is 1. The Kier molecular flexibility index (Phi) is 6.24. The number of alkyl carbamates (subject to hydrolysis) is 1. The van der Waals surface area contributed by atoms with Gasteiger partial charge in [0, 0.05) is 17.8 Å². The molecule has 0 fully saturated rings. The number of rotatable bonds is 5. The van der Waals surface area contributed by atoms with E-state index in [9.17, 15) is 4.79 Å². The van der Waals surface area contributed by atoms with Gasteiger partial charge in [0.05, 0.1) is 6.61 Å². The van der Waals surface area contributed by atoms with Crippen LogP contribution in [0.1, 0.15) is 38.3 Å². The van der Waals surface area contributed by atoms with Gasteiger partial charge in [-0.25, -0.2) is 4.79 Å². The van der Waals surface area contributed by atoms with E-state index in [1.807, 2.05) is 45.1 Å². The van der Waals surface area contributed by atoms with Crippen molar-refractivity contribution >= 4 is 17.9 Å². The summed E-state index contributed by atoms with van der Waals surface area (Å²) in [4.78, 5) is 11.4. The van der Waals surface area contributed by atoms with E-state index in [0.29, 0.717) is 24.2 Å². The summed E-state index contributed by atoms with van der Waals surface area (Å²) in [6.07, 6.45) is 4.16. The Morgan fingerprint density at radius 1 is 1.43 bits per heavy atom. The molecule has 5 heteroatoms. The highest BCUT2D eigenvalue weighted by Gasteiger charge is 2.15. The first-order valence-corrected chi connectivity index (χ1v) is 6.94. The van der Waals surface area contributed by atoms with Gasteiger partial charge in [0.2, 0.25) is 0 Å². The maximum absolute atomic E-state index is 11.4. The molecule has 1 rings (SSSR count). The van der Waals surface area contributed by atoms with E-state index in [4.69, 9.17) is 15.6 Å². The minimum absolute atomic E-state index is 0.0757. The molecule has 4 N–H and O–H groups in total. The van der Waals surface area contributed by atoms with E-state index in [1.54, 1.807) is 6.07 Å². The zero-order valence-electron chi connectivity index (χ0n) is 12.8. The second kappa shape index (κ2) is 7.69. The lowest BCUT2D eigenvalue weighted by Crippen LogP contribution is -2.32. The molecule has 0 saturated heterocycles. The van der Waals surface area contributed by atoms with Crippen LogP contribution in [-0.2, 0) is 11.3 Å². The summed E-state index contributed by atoms with van der Waals surface area (Å²) in [5, 5.41) is 11.8. The minimum atomic E-state index is -0.482. The Labute approximate surface area is 125 Å². The number of amides is 1. The van der Waals surface area contributed by atoms with E-state index in [1.165, 1.54) is 0 Å². The lowest BCUT2D eigenvalue weighted by Gasteiger charge is -2.19. The van der Waals surface area contributed by atoms with Crippen molar-refractivity contribution in [1.29, 1.82) is 0 Å². The Hall–Kier alpha value is -2.01. The maximum Gasteiger partial charge on any atom is 0.407 e. The van der Waals surface area contributed by atoms with Crippen LogP contribution in [0.5, 0.6) is 0 Å². The summed E-state index contributed by atoms with van der Waals surface area (Å²) < 4.78 is 5.13.